The van der Waals surface area contributed by atoms with Crippen LogP contribution in [0.3, 0.4) is 0 Å². The van der Waals surface area contributed by atoms with Gasteiger partial charge < -0.3 is 4.90 Å². The van der Waals surface area contributed by atoms with Crippen LogP contribution in [0.2, 0.25) is 0 Å². The number of carbonyl (C=O) groups is 1. The van der Waals surface area contributed by atoms with E-state index in [1.807, 2.05) is 36.4 Å². The van der Waals surface area contributed by atoms with Crippen molar-refractivity contribution in [2.75, 3.05) is 13.1 Å². The van der Waals surface area contributed by atoms with Crippen molar-refractivity contribution in [3.8, 4) is 0 Å². The Kier molecular flexibility index (Phi) is 3.75. The maximum atomic E-state index is 11.5. The third-order valence-electron chi connectivity index (χ3n) is 4.02. The number of benzene rings is 2. The van der Waals surface area contributed by atoms with Gasteiger partial charge in [-0.15, -0.1) is 0 Å². The van der Waals surface area contributed by atoms with Crippen molar-refractivity contribution in [3.05, 3.63) is 71.8 Å². The van der Waals surface area contributed by atoms with Crippen LogP contribution in [0.1, 0.15) is 23.0 Å². The summed E-state index contributed by atoms with van der Waals surface area (Å²) in [7, 11) is 0. The van der Waals surface area contributed by atoms with Crippen LogP contribution in [-0.4, -0.2) is 23.4 Å². The van der Waals surface area contributed by atoms with Gasteiger partial charge in [-0.2, -0.15) is 0 Å². The first kappa shape index (κ1) is 13.2. The molecule has 102 valence electrons. The van der Waals surface area contributed by atoms with Gasteiger partial charge in [0.05, 0.1) is 0 Å². The molecule has 0 unspecified atom stereocenters. The van der Waals surface area contributed by atoms with Crippen LogP contribution < -0.4 is 0 Å². The molecule has 1 heterocycles. The lowest BCUT2D eigenvalue weighted by Crippen LogP contribution is -2.23. The zero-order chi connectivity index (χ0) is 13.9. The van der Waals surface area contributed by atoms with Crippen molar-refractivity contribution < 1.29 is 4.79 Å². The smallest absolute Gasteiger partial charge is 0.316 e. The Morgan fingerprint density at radius 3 is 1.60 bits per heavy atom. The topological polar surface area (TPSA) is 20.3 Å². The van der Waals surface area contributed by atoms with Gasteiger partial charge in [0.2, 0.25) is 0 Å². The van der Waals surface area contributed by atoms with Gasteiger partial charge in [0, 0.05) is 24.9 Å². The van der Waals surface area contributed by atoms with Gasteiger partial charge in [0.25, 0.3) is 0 Å². The van der Waals surface area contributed by atoms with E-state index in [4.69, 9.17) is 11.6 Å². The summed E-state index contributed by atoms with van der Waals surface area (Å²) in [5.74, 6) is 0.614. The zero-order valence-corrected chi connectivity index (χ0v) is 11.8. The fraction of sp³-hybridized carbons (Fsp3) is 0.235. The molecule has 3 heteroatoms. The Balaban J connectivity index is 1.95. The van der Waals surface area contributed by atoms with Gasteiger partial charge in [-0.3, -0.25) is 4.79 Å². The average Bonchev–Trinajstić information content (AvgIpc) is 2.94. The lowest BCUT2D eigenvalue weighted by molar-refractivity contribution is 0.231. The molecule has 1 aliphatic rings. The molecule has 0 saturated carbocycles. The molecule has 20 heavy (non-hydrogen) atoms. The van der Waals surface area contributed by atoms with Crippen LogP contribution >= 0.6 is 11.6 Å². The van der Waals surface area contributed by atoms with E-state index in [2.05, 4.69) is 24.3 Å². The summed E-state index contributed by atoms with van der Waals surface area (Å²) < 4.78 is 0. The van der Waals surface area contributed by atoms with Gasteiger partial charge in [0.15, 0.2) is 0 Å². The maximum Gasteiger partial charge on any atom is 0.316 e. The first-order valence-corrected chi connectivity index (χ1v) is 7.18. The quantitative estimate of drug-likeness (QED) is 0.597. The second-order valence-corrected chi connectivity index (χ2v) is 5.52. The number of hydrogen-bond acceptors (Lipinski definition) is 1. The number of nitrogens with zero attached hydrogens (tertiary/aromatic N) is 1. The van der Waals surface area contributed by atoms with E-state index < -0.39 is 0 Å². The van der Waals surface area contributed by atoms with Crippen LogP contribution in [0.25, 0.3) is 0 Å². The van der Waals surface area contributed by atoms with E-state index in [0.717, 1.165) is 0 Å². The Bertz CT molecular complexity index is 537. The molecule has 0 aromatic heterocycles. The third-order valence-corrected chi connectivity index (χ3v) is 4.26. The van der Waals surface area contributed by atoms with E-state index >= 15 is 0 Å². The lowest BCUT2D eigenvalue weighted by atomic mass is 9.84. The van der Waals surface area contributed by atoms with Crippen molar-refractivity contribution in [2.45, 2.75) is 11.8 Å². The fourth-order valence-corrected chi connectivity index (χ4v) is 3.16. The van der Waals surface area contributed by atoms with Gasteiger partial charge in [-0.1, -0.05) is 60.7 Å². The van der Waals surface area contributed by atoms with Crippen LogP contribution in [0.5, 0.6) is 0 Å². The Labute approximate surface area is 124 Å². The van der Waals surface area contributed by atoms with Crippen LogP contribution in [0.15, 0.2) is 60.7 Å². The molecule has 0 radical (unpaired) electrons. The number of likely N-dealkylation sites (tertiary alicyclic amines) is 1. The molecule has 0 spiro atoms. The molecule has 0 aliphatic carbocycles. The number of hydrogen-bond donors (Lipinski definition) is 0. The standard InChI is InChI=1S/C17H16ClNO/c18-17(20)19-11-15(13-7-3-1-4-8-13)16(12-19)14-9-5-2-6-10-14/h1-10,15-16H,11-12H2/t15-,16-/m1/s1. The van der Waals surface area contributed by atoms with Crippen LogP contribution in [-0.2, 0) is 0 Å². The molecule has 0 bridgehead atoms. The van der Waals surface area contributed by atoms with E-state index in [0.29, 0.717) is 24.9 Å². The first-order valence-electron chi connectivity index (χ1n) is 6.80. The predicted octanol–water partition coefficient (Wildman–Crippen LogP) is 4.23. The first-order chi connectivity index (χ1) is 9.75. The molecule has 1 saturated heterocycles. The largest absolute Gasteiger partial charge is 0.328 e. The van der Waals surface area contributed by atoms with E-state index in [1.165, 1.54) is 11.1 Å². The monoisotopic (exact) mass is 285 g/mol. The van der Waals surface area contributed by atoms with E-state index in [1.54, 1.807) is 4.90 Å². The Morgan fingerprint density at radius 2 is 1.25 bits per heavy atom. The molecule has 2 atom stereocenters. The highest BCUT2D eigenvalue weighted by Crippen LogP contribution is 2.39. The summed E-state index contributed by atoms with van der Waals surface area (Å²) in [6.45, 7) is 1.37. The fourth-order valence-electron chi connectivity index (χ4n) is 3.02. The Hall–Kier alpha value is -1.80. The second kappa shape index (κ2) is 5.68. The summed E-state index contributed by atoms with van der Waals surface area (Å²) in [5.41, 5.74) is 2.53. The molecule has 3 rings (SSSR count). The minimum atomic E-state index is -0.357. The minimum Gasteiger partial charge on any atom is -0.328 e. The molecular weight excluding hydrogens is 270 g/mol. The van der Waals surface area contributed by atoms with Gasteiger partial charge in [-0.05, 0) is 22.7 Å². The minimum absolute atomic E-state index is 0.307. The van der Waals surface area contributed by atoms with Crippen LogP contribution in [0.4, 0.5) is 4.79 Å². The molecule has 0 N–H and O–H groups in total. The number of halogens is 1. The maximum absolute atomic E-state index is 11.5. The second-order valence-electron chi connectivity index (χ2n) is 5.19. The highest BCUT2D eigenvalue weighted by atomic mass is 35.5. The summed E-state index contributed by atoms with van der Waals surface area (Å²) in [6, 6.07) is 20.7. The highest BCUT2D eigenvalue weighted by Gasteiger charge is 2.36. The highest BCUT2D eigenvalue weighted by molar-refractivity contribution is 6.62. The van der Waals surface area contributed by atoms with E-state index in [9.17, 15) is 4.79 Å². The lowest BCUT2D eigenvalue weighted by Gasteiger charge is -2.18. The molecule has 1 amide bonds. The molecule has 2 aromatic rings. The molecule has 2 nitrogen and oxygen atoms in total. The molecule has 1 aliphatic heterocycles. The average molecular weight is 286 g/mol. The van der Waals surface area contributed by atoms with Gasteiger partial charge >= 0.3 is 5.37 Å². The summed E-state index contributed by atoms with van der Waals surface area (Å²) >= 11 is 5.68. The number of carbonyl (C=O) groups excluding carboxylic acids is 1. The number of rotatable bonds is 2. The summed E-state index contributed by atoms with van der Waals surface area (Å²) in [5, 5.41) is -0.357. The zero-order valence-electron chi connectivity index (χ0n) is 11.1. The molecular formula is C17H16ClNO. The normalized spacial score (nSPS) is 21.9. The SMILES string of the molecule is O=C(Cl)N1C[C@H](c2ccccc2)[C@@H](c2ccccc2)C1. The van der Waals surface area contributed by atoms with Crippen molar-refractivity contribution in [1.29, 1.82) is 0 Å². The van der Waals surface area contributed by atoms with Crippen LogP contribution in [0, 0.1) is 0 Å². The Morgan fingerprint density at radius 1 is 0.850 bits per heavy atom. The van der Waals surface area contributed by atoms with Gasteiger partial charge in [0.1, 0.15) is 0 Å². The molecule has 1 fully saturated rings. The third kappa shape index (κ3) is 2.56. The van der Waals surface area contributed by atoms with Gasteiger partial charge in [-0.25, -0.2) is 0 Å². The van der Waals surface area contributed by atoms with E-state index in [-0.39, 0.29) is 5.37 Å². The number of amides is 1. The van der Waals surface area contributed by atoms with Crippen molar-refractivity contribution in [2.24, 2.45) is 0 Å². The summed E-state index contributed by atoms with van der Waals surface area (Å²) in [6.07, 6.45) is 0. The van der Waals surface area contributed by atoms with Crippen molar-refractivity contribution in [3.63, 3.8) is 0 Å². The molecule has 2 aromatic carbocycles. The van der Waals surface area contributed by atoms with Crippen molar-refractivity contribution in [1.82, 2.24) is 4.90 Å². The summed E-state index contributed by atoms with van der Waals surface area (Å²) in [4.78, 5) is 13.2. The van der Waals surface area contributed by atoms with Crippen molar-refractivity contribution >= 4 is 17.0 Å². The predicted molar refractivity (Wildman–Crippen MR) is 81.2 cm³/mol.